The molecule has 4 aromatic rings. The van der Waals surface area contributed by atoms with E-state index in [1.807, 2.05) is 30.3 Å². The molecule has 2 heterocycles. The summed E-state index contributed by atoms with van der Waals surface area (Å²) in [7, 11) is 0. The molecule has 0 atom stereocenters. The van der Waals surface area contributed by atoms with Crippen LogP contribution >= 0.6 is 0 Å². The molecule has 0 aliphatic rings. The van der Waals surface area contributed by atoms with E-state index in [-0.39, 0.29) is 12.0 Å². The van der Waals surface area contributed by atoms with E-state index in [2.05, 4.69) is 9.97 Å². The highest BCUT2D eigenvalue weighted by Gasteiger charge is 2.13. The first kappa shape index (κ1) is 14.4. The molecule has 6 heteroatoms. The molecule has 0 unspecified atom stereocenters. The van der Waals surface area contributed by atoms with Crippen LogP contribution in [0.4, 0.5) is 0 Å². The molecule has 0 spiro atoms. The van der Waals surface area contributed by atoms with Crippen molar-refractivity contribution >= 4 is 39.5 Å². The summed E-state index contributed by atoms with van der Waals surface area (Å²) < 4.78 is 1.80. The Labute approximate surface area is 136 Å². The quantitative estimate of drug-likeness (QED) is 0.563. The van der Waals surface area contributed by atoms with Gasteiger partial charge in [0.2, 0.25) is 5.65 Å². The summed E-state index contributed by atoms with van der Waals surface area (Å²) in [6.07, 6.45) is 6.81. The number of H-pyrrole nitrogens is 1. The van der Waals surface area contributed by atoms with Gasteiger partial charge in [-0.25, -0.2) is 4.98 Å². The van der Waals surface area contributed by atoms with Gasteiger partial charge in [0, 0.05) is 29.4 Å². The number of aromatic amines is 1. The summed E-state index contributed by atoms with van der Waals surface area (Å²) in [6.45, 7) is 0. The van der Waals surface area contributed by atoms with E-state index in [1.165, 1.54) is 0 Å². The zero-order valence-corrected chi connectivity index (χ0v) is 12.8. The van der Waals surface area contributed by atoms with Crippen LogP contribution in [0.1, 0.15) is 19.3 Å². The number of nitrogens with zero attached hydrogens (tertiary/aromatic N) is 2. The molecule has 0 aliphatic carbocycles. The molecule has 120 valence electrons. The molecular weight excluding hydrogens is 306 g/mol. The highest BCUT2D eigenvalue weighted by atomic mass is 16.4. The second-order valence-electron chi connectivity index (χ2n) is 5.75. The number of carboxylic acids is 1. The SMILES string of the molecule is O=C(O)CCCC=c1c2ccccc2c2[nH]c(=O)c3nccn3c12. The third-order valence-electron chi connectivity index (χ3n) is 4.24. The number of carbonyl (C=O) groups is 1. The number of carboxylic acid groups (broad SMARTS) is 1. The maximum absolute atomic E-state index is 12.2. The summed E-state index contributed by atoms with van der Waals surface area (Å²) in [5, 5.41) is 11.8. The van der Waals surface area contributed by atoms with Crippen molar-refractivity contribution in [2.24, 2.45) is 0 Å². The Kier molecular flexibility index (Phi) is 3.30. The monoisotopic (exact) mass is 321 g/mol. The highest BCUT2D eigenvalue weighted by molar-refractivity contribution is 6.09. The Morgan fingerprint density at radius 2 is 2.08 bits per heavy atom. The molecule has 24 heavy (non-hydrogen) atoms. The largest absolute Gasteiger partial charge is 0.481 e. The van der Waals surface area contributed by atoms with E-state index in [0.717, 1.165) is 27.0 Å². The number of imidazole rings is 1. The second-order valence-corrected chi connectivity index (χ2v) is 5.75. The standard InChI is InChI=1S/C18H15N3O3/c22-14(23)8-4-3-7-13-11-5-1-2-6-12(11)15-16(13)21-10-9-19-17(21)18(24)20-15/h1-2,5-7,9-10H,3-4,8H2,(H,20,24)(H,22,23). The van der Waals surface area contributed by atoms with Crippen molar-refractivity contribution < 1.29 is 9.90 Å². The van der Waals surface area contributed by atoms with Gasteiger partial charge in [0.05, 0.1) is 11.0 Å². The van der Waals surface area contributed by atoms with Crippen LogP contribution in [0.3, 0.4) is 0 Å². The van der Waals surface area contributed by atoms with E-state index in [0.29, 0.717) is 18.5 Å². The minimum atomic E-state index is -0.790. The summed E-state index contributed by atoms with van der Waals surface area (Å²) in [5.41, 5.74) is 1.82. The first-order valence-electron chi connectivity index (χ1n) is 7.78. The lowest BCUT2D eigenvalue weighted by Gasteiger charge is -1.97. The van der Waals surface area contributed by atoms with Gasteiger partial charge in [-0.05, 0) is 18.2 Å². The fourth-order valence-corrected chi connectivity index (χ4v) is 3.23. The van der Waals surface area contributed by atoms with Crippen molar-refractivity contribution in [3.8, 4) is 0 Å². The van der Waals surface area contributed by atoms with Crippen molar-refractivity contribution in [2.45, 2.75) is 19.3 Å². The Balaban J connectivity index is 2.05. The average molecular weight is 321 g/mol. The fraction of sp³-hybridized carbons (Fsp3) is 0.167. The molecule has 2 aromatic carbocycles. The predicted molar refractivity (Wildman–Crippen MR) is 92.0 cm³/mol. The van der Waals surface area contributed by atoms with Crippen molar-refractivity contribution in [3.63, 3.8) is 0 Å². The first-order valence-corrected chi connectivity index (χ1v) is 7.78. The summed E-state index contributed by atoms with van der Waals surface area (Å²) >= 11 is 0. The Hall–Kier alpha value is -3.15. The van der Waals surface area contributed by atoms with Gasteiger partial charge < -0.3 is 10.1 Å². The summed E-state index contributed by atoms with van der Waals surface area (Å²) in [5.74, 6) is -0.790. The van der Waals surface area contributed by atoms with Gasteiger partial charge in [0.25, 0.3) is 5.56 Å². The summed E-state index contributed by atoms with van der Waals surface area (Å²) in [4.78, 5) is 30.0. The number of hydrogen-bond donors (Lipinski definition) is 2. The van der Waals surface area contributed by atoms with Crippen molar-refractivity contribution in [3.05, 3.63) is 52.2 Å². The van der Waals surface area contributed by atoms with E-state index in [1.54, 1.807) is 16.8 Å². The van der Waals surface area contributed by atoms with E-state index >= 15 is 0 Å². The zero-order valence-electron chi connectivity index (χ0n) is 12.8. The van der Waals surface area contributed by atoms with Gasteiger partial charge in [0.1, 0.15) is 0 Å². The van der Waals surface area contributed by atoms with Crippen molar-refractivity contribution in [1.29, 1.82) is 0 Å². The number of fused-ring (bicyclic) bond motifs is 5. The van der Waals surface area contributed by atoms with Gasteiger partial charge in [0.15, 0.2) is 0 Å². The van der Waals surface area contributed by atoms with Gasteiger partial charge in [-0.1, -0.05) is 30.3 Å². The third kappa shape index (κ3) is 2.15. The van der Waals surface area contributed by atoms with Gasteiger partial charge in [-0.15, -0.1) is 0 Å². The van der Waals surface area contributed by atoms with Crippen LogP contribution in [0, 0.1) is 0 Å². The Morgan fingerprint density at radius 3 is 2.88 bits per heavy atom. The fourth-order valence-electron chi connectivity index (χ4n) is 3.23. The number of rotatable bonds is 4. The smallest absolute Gasteiger partial charge is 0.303 e. The normalized spacial score (nSPS) is 12.6. The van der Waals surface area contributed by atoms with Crippen LogP contribution in [0.5, 0.6) is 0 Å². The third-order valence-corrected chi connectivity index (χ3v) is 4.24. The van der Waals surface area contributed by atoms with E-state index < -0.39 is 5.97 Å². The van der Waals surface area contributed by atoms with Crippen LogP contribution in [-0.4, -0.2) is 25.4 Å². The van der Waals surface area contributed by atoms with Crippen molar-refractivity contribution in [2.75, 3.05) is 0 Å². The topological polar surface area (TPSA) is 87.5 Å². The minimum absolute atomic E-state index is 0.143. The molecule has 0 saturated heterocycles. The van der Waals surface area contributed by atoms with Crippen LogP contribution in [0.15, 0.2) is 41.5 Å². The minimum Gasteiger partial charge on any atom is -0.481 e. The Bertz CT molecular complexity index is 1190. The lowest BCUT2D eigenvalue weighted by Crippen LogP contribution is -2.13. The maximum Gasteiger partial charge on any atom is 0.303 e. The molecule has 6 nitrogen and oxygen atoms in total. The molecule has 4 rings (SSSR count). The number of nitrogens with one attached hydrogen (secondary N) is 1. The number of hydrogen-bond acceptors (Lipinski definition) is 3. The number of benzene rings is 1. The molecule has 2 N–H and O–H groups in total. The lowest BCUT2D eigenvalue weighted by molar-refractivity contribution is -0.137. The molecule has 0 aliphatic heterocycles. The maximum atomic E-state index is 12.2. The number of unbranched alkanes of at least 4 members (excludes halogenated alkanes) is 1. The Morgan fingerprint density at radius 1 is 1.29 bits per heavy atom. The van der Waals surface area contributed by atoms with Crippen LogP contribution < -0.4 is 10.8 Å². The molecule has 0 amide bonds. The second kappa shape index (κ2) is 5.49. The van der Waals surface area contributed by atoms with E-state index in [4.69, 9.17) is 5.11 Å². The molecule has 0 fully saturated rings. The number of aromatic nitrogens is 3. The van der Waals surface area contributed by atoms with Crippen LogP contribution in [-0.2, 0) is 4.79 Å². The van der Waals surface area contributed by atoms with E-state index in [9.17, 15) is 9.59 Å². The predicted octanol–water partition coefficient (Wildman–Crippen LogP) is 2.08. The molecule has 0 radical (unpaired) electrons. The molecule has 0 saturated carbocycles. The summed E-state index contributed by atoms with van der Waals surface area (Å²) in [6, 6.07) is 7.88. The highest BCUT2D eigenvalue weighted by Crippen LogP contribution is 2.22. The lowest BCUT2D eigenvalue weighted by atomic mass is 10.1. The molecule has 0 bridgehead atoms. The van der Waals surface area contributed by atoms with Crippen molar-refractivity contribution in [1.82, 2.24) is 14.4 Å². The van der Waals surface area contributed by atoms with Gasteiger partial charge >= 0.3 is 5.97 Å². The zero-order chi connectivity index (χ0) is 16.7. The molecule has 2 aromatic heterocycles. The van der Waals surface area contributed by atoms with Crippen LogP contribution in [0.2, 0.25) is 0 Å². The molecular formula is C18H15N3O3. The van der Waals surface area contributed by atoms with Gasteiger partial charge in [-0.3, -0.25) is 14.0 Å². The number of aliphatic carboxylic acids is 1. The van der Waals surface area contributed by atoms with Gasteiger partial charge in [-0.2, -0.15) is 0 Å². The first-order chi connectivity index (χ1) is 11.7. The average Bonchev–Trinajstić information content (AvgIpc) is 3.15. The van der Waals surface area contributed by atoms with Crippen LogP contribution in [0.25, 0.3) is 33.5 Å².